The quantitative estimate of drug-likeness (QED) is 0.314. The summed E-state index contributed by atoms with van der Waals surface area (Å²) in [6, 6.07) is 12.7. The highest BCUT2D eigenvalue weighted by Crippen LogP contribution is 2.39. The van der Waals surface area contributed by atoms with E-state index in [1.54, 1.807) is 22.4 Å². The van der Waals surface area contributed by atoms with Crippen molar-refractivity contribution in [3.8, 4) is 0 Å². The maximum absolute atomic E-state index is 14.0. The van der Waals surface area contributed by atoms with E-state index in [4.69, 9.17) is 0 Å². The van der Waals surface area contributed by atoms with Crippen molar-refractivity contribution < 1.29 is 19.6 Å². The van der Waals surface area contributed by atoms with Crippen LogP contribution in [0.5, 0.6) is 0 Å². The van der Waals surface area contributed by atoms with Crippen LogP contribution in [-0.2, 0) is 15.0 Å². The van der Waals surface area contributed by atoms with Crippen LogP contribution in [0.25, 0.3) is 11.4 Å². The summed E-state index contributed by atoms with van der Waals surface area (Å²) in [6.45, 7) is 15.3. The molecule has 0 spiro atoms. The zero-order valence-electron chi connectivity index (χ0n) is 22.1. The van der Waals surface area contributed by atoms with Crippen LogP contribution in [-0.4, -0.2) is 52.2 Å². The van der Waals surface area contributed by atoms with Gasteiger partial charge in [-0.3, -0.25) is 9.59 Å². The van der Waals surface area contributed by atoms with E-state index in [9.17, 15) is 14.7 Å². The monoisotopic (exact) mass is 488 g/mol. The van der Waals surface area contributed by atoms with Gasteiger partial charge in [-0.2, -0.15) is 0 Å². The molecule has 1 N–H and O–H groups in total. The number of rotatable bonds is 7. The lowest BCUT2D eigenvalue weighted by Crippen LogP contribution is -3.12. The number of Topliss-reactive ketones (excluding diaryl/α,β-unsaturated/α-hetero) is 1. The van der Waals surface area contributed by atoms with Crippen LogP contribution >= 0.6 is 0 Å². The summed E-state index contributed by atoms with van der Waals surface area (Å²) in [7, 11) is 0. The number of benzene rings is 1. The van der Waals surface area contributed by atoms with Gasteiger partial charge in [0.25, 0.3) is 5.91 Å². The molecule has 3 aromatic rings. The normalized spacial score (nSPS) is 18.1. The molecule has 0 saturated carbocycles. The van der Waals surface area contributed by atoms with Crippen LogP contribution in [0.1, 0.15) is 63.2 Å². The maximum Gasteiger partial charge on any atom is 0.295 e. The molecule has 7 heteroatoms. The number of ketones is 1. The number of pyridine rings is 1. The fourth-order valence-electron chi connectivity index (χ4n) is 5.01. The van der Waals surface area contributed by atoms with Crippen molar-refractivity contribution in [2.75, 3.05) is 26.2 Å². The van der Waals surface area contributed by atoms with Crippen molar-refractivity contribution in [1.29, 1.82) is 0 Å². The average Bonchev–Trinajstić information content (AvgIpc) is 3.32. The Kier molecular flexibility index (Phi) is 7.05. The van der Waals surface area contributed by atoms with Gasteiger partial charge in [-0.25, -0.2) is 4.98 Å². The van der Waals surface area contributed by atoms with Crippen molar-refractivity contribution in [2.45, 2.75) is 53.0 Å². The lowest BCUT2D eigenvalue weighted by atomic mass is 9.85. The summed E-state index contributed by atoms with van der Waals surface area (Å²) in [5.41, 5.74) is 3.37. The smallest absolute Gasteiger partial charge is 0.295 e. The Morgan fingerprint density at radius 1 is 1.06 bits per heavy atom. The summed E-state index contributed by atoms with van der Waals surface area (Å²) < 4.78 is 1.70. The van der Waals surface area contributed by atoms with E-state index in [1.165, 1.54) is 4.90 Å². The predicted octanol–water partition coefficient (Wildman–Crippen LogP) is 2.09. The zero-order valence-corrected chi connectivity index (χ0v) is 22.1. The molecule has 1 aromatic carbocycles. The average molecular weight is 489 g/mol. The van der Waals surface area contributed by atoms with Crippen LogP contribution in [0.2, 0.25) is 0 Å². The summed E-state index contributed by atoms with van der Waals surface area (Å²) in [4.78, 5) is 34.1. The molecule has 1 amide bonds. The number of amides is 1. The van der Waals surface area contributed by atoms with E-state index in [0.717, 1.165) is 24.2 Å². The van der Waals surface area contributed by atoms with Crippen molar-refractivity contribution in [1.82, 2.24) is 14.3 Å². The topological polar surface area (TPSA) is 82.2 Å². The molecule has 3 heterocycles. The molecule has 7 nitrogen and oxygen atoms in total. The first-order chi connectivity index (χ1) is 17.1. The fraction of sp³-hybridized carbons (Fsp3) is 0.414. The third kappa shape index (κ3) is 4.55. The van der Waals surface area contributed by atoms with E-state index in [2.05, 4.69) is 39.6 Å². The first-order valence-electron chi connectivity index (χ1n) is 12.7. The lowest BCUT2D eigenvalue weighted by Gasteiger charge is -2.29. The molecule has 0 bridgehead atoms. The number of aryl methyl sites for hydroxylation is 1. The molecular formula is C29H36N4O3. The molecule has 1 saturated heterocycles. The second-order valence-electron chi connectivity index (χ2n) is 10.5. The standard InChI is InChI=1S/C29H36N4O3/c1-7-31(8-2)17-18-33-25(20-12-14-21(15-13-20)29(4,5)6)23(27(35)28(33)36)26(34)24-19(3)30-22-11-9-10-16-32(22)24/h9-16,25,34H,7-8,17-18H2,1-6H3. The molecule has 36 heavy (non-hydrogen) atoms. The van der Waals surface area contributed by atoms with Crippen molar-refractivity contribution in [2.24, 2.45) is 0 Å². The highest BCUT2D eigenvalue weighted by molar-refractivity contribution is 6.46. The number of nitrogens with one attached hydrogen (secondary N) is 1. The van der Waals surface area contributed by atoms with Gasteiger partial charge in [0.2, 0.25) is 5.78 Å². The summed E-state index contributed by atoms with van der Waals surface area (Å²) >= 11 is 0. The van der Waals surface area contributed by atoms with Crippen LogP contribution in [0.4, 0.5) is 0 Å². The molecule has 2 aromatic heterocycles. The van der Waals surface area contributed by atoms with Crippen LogP contribution < -0.4 is 10.0 Å². The maximum atomic E-state index is 14.0. The number of carbonyl (C=O) groups excluding carboxylic acids is 2. The zero-order chi connectivity index (χ0) is 26.2. The minimum atomic E-state index is -0.727. The molecule has 1 atom stereocenters. The Morgan fingerprint density at radius 3 is 2.33 bits per heavy atom. The van der Waals surface area contributed by atoms with E-state index >= 15 is 0 Å². The Morgan fingerprint density at radius 2 is 1.72 bits per heavy atom. The molecule has 190 valence electrons. The highest BCUT2D eigenvalue weighted by Gasteiger charge is 2.44. The molecule has 4 rings (SSSR count). The van der Waals surface area contributed by atoms with Gasteiger partial charge < -0.3 is 19.3 Å². The second-order valence-corrected chi connectivity index (χ2v) is 10.5. The summed E-state index contributed by atoms with van der Waals surface area (Å²) in [6.07, 6.45) is 1.76. The Balaban J connectivity index is 1.87. The Bertz CT molecular complexity index is 1310. The van der Waals surface area contributed by atoms with Gasteiger partial charge >= 0.3 is 0 Å². The van der Waals surface area contributed by atoms with Gasteiger partial charge in [0.1, 0.15) is 5.65 Å². The lowest BCUT2D eigenvalue weighted by molar-refractivity contribution is -0.895. The molecule has 1 unspecified atom stereocenters. The highest BCUT2D eigenvalue weighted by atomic mass is 16.3. The molecule has 1 aliphatic heterocycles. The minimum absolute atomic E-state index is 0.00630. The van der Waals surface area contributed by atoms with Gasteiger partial charge in [-0.1, -0.05) is 56.9 Å². The Hall–Kier alpha value is -3.45. The van der Waals surface area contributed by atoms with Crippen molar-refractivity contribution in [3.05, 3.63) is 76.7 Å². The predicted molar refractivity (Wildman–Crippen MR) is 138 cm³/mol. The number of nitrogens with zero attached hydrogens (tertiary/aromatic N) is 3. The molecule has 1 fully saturated rings. The minimum Gasteiger partial charge on any atom is -0.871 e. The molecule has 1 aliphatic rings. The number of aromatic nitrogens is 2. The van der Waals surface area contributed by atoms with Gasteiger partial charge in [0.15, 0.2) is 0 Å². The van der Waals surface area contributed by atoms with Gasteiger partial charge in [0, 0.05) is 11.8 Å². The van der Waals surface area contributed by atoms with Crippen LogP contribution in [0, 0.1) is 6.92 Å². The number of likely N-dealkylation sites (N-methyl/N-ethyl adjacent to an activating group) is 1. The number of hydrogen-bond acceptors (Lipinski definition) is 4. The van der Waals surface area contributed by atoms with Crippen molar-refractivity contribution in [3.63, 3.8) is 0 Å². The number of imidazole rings is 1. The SMILES string of the molecule is CC[NH+](CC)CCN1C(=O)C(=O)C(=C([O-])c2c(C)nc3ccccn23)C1c1ccc(C(C)(C)C)cc1. The van der Waals surface area contributed by atoms with E-state index < -0.39 is 23.5 Å². The van der Waals surface area contributed by atoms with Gasteiger partial charge in [-0.05, 0) is 49.4 Å². The van der Waals surface area contributed by atoms with Crippen molar-refractivity contribution >= 4 is 23.1 Å². The van der Waals surface area contributed by atoms with Gasteiger partial charge in [0.05, 0.1) is 43.6 Å². The first kappa shape index (κ1) is 25.6. The molecule has 0 aliphatic carbocycles. The van der Waals surface area contributed by atoms with Crippen LogP contribution in [0.3, 0.4) is 0 Å². The number of quaternary nitrogens is 1. The largest absolute Gasteiger partial charge is 0.871 e. The number of carbonyl (C=O) groups is 2. The number of hydrogen-bond donors (Lipinski definition) is 1. The van der Waals surface area contributed by atoms with E-state index in [1.807, 2.05) is 42.5 Å². The van der Waals surface area contributed by atoms with Gasteiger partial charge in [-0.15, -0.1) is 0 Å². The first-order valence-corrected chi connectivity index (χ1v) is 12.7. The summed E-state index contributed by atoms with van der Waals surface area (Å²) in [5, 5.41) is 14.0. The third-order valence-electron chi connectivity index (χ3n) is 7.25. The van der Waals surface area contributed by atoms with E-state index in [-0.39, 0.29) is 11.0 Å². The van der Waals surface area contributed by atoms with Crippen LogP contribution in [0.15, 0.2) is 54.2 Å². The summed E-state index contributed by atoms with van der Waals surface area (Å²) in [5.74, 6) is -1.77. The third-order valence-corrected chi connectivity index (χ3v) is 7.25. The molecular weight excluding hydrogens is 452 g/mol. The second kappa shape index (κ2) is 9.90. The molecule has 0 radical (unpaired) electrons. The van der Waals surface area contributed by atoms with E-state index in [0.29, 0.717) is 30.1 Å². The fourth-order valence-corrected chi connectivity index (χ4v) is 5.01. The Labute approximate surface area is 213 Å². The number of likely N-dealkylation sites (tertiary alicyclic amines) is 1. The number of fused-ring (bicyclic) bond motifs is 1.